The fourth-order valence-corrected chi connectivity index (χ4v) is 3.47. The number of carbonyl (C=O) groups is 2. The van der Waals surface area contributed by atoms with Gasteiger partial charge in [0, 0.05) is 11.8 Å². The molecule has 3 rings (SSSR count). The van der Waals surface area contributed by atoms with Gasteiger partial charge in [0.1, 0.15) is 49.9 Å². The van der Waals surface area contributed by atoms with Crippen molar-refractivity contribution in [3.05, 3.63) is 53.2 Å². The van der Waals surface area contributed by atoms with Gasteiger partial charge in [0.2, 0.25) is 0 Å². The summed E-state index contributed by atoms with van der Waals surface area (Å²) in [5.74, 6) is 0.555. The van der Waals surface area contributed by atoms with Crippen molar-refractivity contribution in [2.75, 3.05) is 45.2 Å². The second-order valence-corrected chi connectivity index (χ2v) is 7.08. The fourth-order valence-electron chi connectivity index (χ4n) is 3.47. The molecule has 28 heavy (non-hydrogen) atoms. The Kier molecular flexibility index (Phi) is 6.43. The van der Waals surface area contributed by atoms with E-state index in [-0.39, 0.29) is 17.7 Å². The Balaban J connectivity index is 1.45. The minimum atomic E-state index is -0.385. The standard InChI is InChI=1S/C20H24FN3O4/c1-14-18(20(26)27-2)11-17(28-14)12-23-7-9-24(10-8-23)13-19(25)22-16-5-3-15(21)4-6-16/h3-6,11H,7-10,12-13H2,1-2H3,(H,22,25)/p+2. The molecule has 8 heteroatoms. The molecule has 0 saturated carbocycles. The SMILES string of the molecule is COC(=O)c1cc(C[NH+]2CC[NH+](CC(=O)Nc3ccc(F)cc3)CC2)oc1C. The lowest BCUT2D eigenvalue weighted by Gasteiger charge is -2.28. The molecule has 1 saturated heterocycles. The minimum Gasteiger partial charge on any atom is -0.465 e. The summed E-state index contributed by atoms with van der Waals surface area (Å²) in [6, 6.07) is 7.51. The maximum Gasteiger partial charge on any atom is 0.341 e. The lowest BCUT2D eigenvalue weighted by molar-refractivity contribution is -1.02. The second-order valence-electron chi connectivity index (χ2n) is 7.08. The van der Waals surface area contributed by atoms with E-state index in [1.54, 1.807) is 25.1 Å². The molecule has 1 amide bonds. The molecule has 0 atom stereocenters. The van der Waals surface area contributed by atoms with E-state index in [9.17, 15) is 14.0 Å². The number of hydrogen-bond donors (Lipinski definition) is 3. The van der Waals surface area contributed by atoms with Gasteiger partial charge in [-0.25, -0.2) is 9.18 Å². The third kappa shape index (κ3) is 5.17. The number of methoxy groups -OCH3 is 1. The number of quaternary nitrogens is 2. The molecule has 1 aliphatic heterocycles. The lowest BCUT2D eigenvalue weighted by Crippen LogP contribution is -3.28. The van der Waals surface area contributed by atoms with Crippen LogP contribution >= 0.6 is 0 Å². The first-order valence-electron chi connectivity index (χ1n) is 9.34. The summed E-state index contributed by atoms with van der Waals surface area (Å²) in [5, 5.41) is 2.80. The van der Waals surface area contributed by atoms with Gasteiger partial charge in [-0.05, 0) is 31.2 Å². The van der Waals surface area contributed by atoms with Gasteiger partial charge in [-0.2, -0.15) is 0 Å². The summed E-state index contributed by atoms with van der Waals surface area (Å²) >= 11 is 0. The van der Waals surface area contributed by atoms with E-state index in [4.69, 9.17) is 9.15 Å². The number of halogens is 1. The maximum atomic E-state index is 12.9. The van der Waals surface area contributed by atoms with Crippen LogP contribution in [0.2, 0.25) is 0 Å². The Morgan fingerprint density at radius 3 is 2.43 bits per heavy atom. The van der Waals surface area contributed by atoms with Crippen LogP contribution in [-0.2, 0) is 16.1 Å². The summed E-state index contributed by atoms with van der Waals surface area (Å²) in [5.41, 5.74) is 1.07. The number of rotatable bonds is 6. The van der Waals surface area contributed by atoms with E-state index in [0.29, 0.717) is 30.1 Å². The zero-order valence-electron chi connectivity index (χ0n) is 16.1. The molecule has 7 nitrogen and oxygen atoms in total. The first-order valence-corrected chi connectivity index (χ1v) is 9.34. The monoisotopic (exact) mass is 391 g/mol. The first-order chi connectivity index (χ1) is 13.4. The Bertz CT molecular complexity index is 826. The van der Waals surface area contributed by atoms with Gasteiger partial charge in [-0.15, -0.1) is 0 Å². The molecule has 1 aromatic heterocycles. The van der Waals surface area contributed by atoms with E-state index >= 15 is 0 Å². The largest absolute Gasteiger partial charge is 0.465 e. The summed E-state index contributed by atoms with van der Waals surface area (Å²) in [6.45, 7) is 6.40. The maximum absolute atomic E-state index is 12.9. The van der Waals surface area contributed by atoms with Gasteiger partial charge < -0.3 is 24.3 Å². The highest BCUT2D eigenvalue weighted by Crippen LogP contribution is 2.14. The number of hydrogen-bond acceptors (Lipinski definition) is 4. The van der Waals surface area contributed by atoms with E-state index in [0.717, 1.165) is 31.9 Å². The van der Waals surface area contributed by atoms with Gasteiger partial charge in [0.15, 0.2) is 12.3 Å². The number of carbonyl (C=O) groups excluding carboxylic acids is 2. The molecule has 2 heterocycles. The van der Waals surface area contributed by atoms with E-state index < -0.39 is 0 Å². The highest BCUT2D eigenvalue weighted by molar-refractivity contribution is 5.91. The van der Waals surface area contributed by atoms with Crippen LogP contribution in [0.5, 0.6) is 0 Å². The number of nitrogens with one attached hydrogen (secondary N) is 3. The van der Waals surface area contributed by atoms with Crippen molar-refractivity contribution in [2.45, 2.75) is 13.5 Å². The summed E-state index contributed by atoms with van der Waals surface area (Å²) in [6.07, 6.45) is 0. The molecule has 1 aromatic carbocycles. The molecule has 2 aromatic rings. The molecule has 0 radical (unpaired) electrons. The average molecular weight is 391 g/mol. The van der Waals surface area contributed by atoms with Crippen molar-refractivity contribution in [1.82, 2.24) is 0 Å². The molecule has 0 bridgehead atoms. The van der Waals surface area contributed by atoms with Crippen LogP contribution in [0.4, 0.5) is 10.1 Å². The van der Waals surface area contributed by atoms with Gasteiger partial charge >= 0.3 is 5.97 Å². The number of anilines is 1. The van der Waals surface area contributed by atoms with Crippen LogP contribution in [0.3, 0.4) is 0 Å². The topological polar surface area (TPSA) is 77.4 Å². The number of furan rings is 1. The van der Waals surface area contributed by atoms with E-state index in [2.05, 4.69) is 5.32 Å². The molecule has 3 N–H and O–H groups in total. The number of ether oxygens (including phenoxy) is 1. The zero-order chi connectivity index (χ0) is 20.1. The molecule has 0 spiro atoms. The van der Waals surface area contributed by atoms with Crippen molar-refractivity contribution in [3.63, 3.8) is 0 Å². The highest BCUT2D eigenvalue weighted by Gasteiger charge is 2.26. The van der Waals surface area contributed by atoms with Crippen LogP contribution in [0.15, 0.2) is 34.7 Å². The Labute approximate surface area is 163 Å². The third-order valence-electron chi connectivity index (χ3n) is 5.00. The highest BCUT2D eigenvalue weighted by atomic mass is 19.1. The van der Waals surface area contributed by atoms with Crippen LogP contribution in [-0.4, -0.2) is 51.7 Å². The van der Waals surface area contributed by atoms with Gasteiger partial charge in [-0.1, -0.05) is 0 Å². The Morgan fingerprint density at radius 2 is 1.79 bits per heavy atom. The number of esters is 1. The van der Waals surface area contributed by atoms with Crippen molar-refractivity contribution in [3.8, 4) is 0 Å². The molecule has 0 aliphatic carbocycles. The van der Waals surface area contributed by atoms with Gasteiger partial charge in [0.05, 0.1) is 7.11 Å². The normalized spacial score (nSPS) is 19.2. The number of amides is 1. The Hall–Kier alpha value is -2.71. The predicted octanol–water partition coefficient (Wildman–Crippen LogP) is -0.564. The molecule has 0 unspecified atom stereocenters. The molecule has 1 aliphatic rings. The van der Waals surface area contributed by atoms with Crippen LogP contribution in [0.25, 0.3) is 0 Å². The quantitative estimate of drug-likeness (QED) is 0.577. The molecule has 150 valence electrons. The van der Waals surface area contributed by atoms with Crippen LogP contribution in [0.1, 0.15) is 21.9 Å². The van der Waals surface area contributed by atoms with Crippen LogP contribution < -0.4 is 15.1 Å². The lowest BCUT2D eigenvalue weighted by atomic mass is 10.2. The molecular formula is C20H26FN3O4+2. The molecular weight excluding hydrogens is 365 g/mol. The smallest absolute Gasteiger partial charge is 0.341 e. The fraction of sp³-hybridized carbons (Fsp3) is 0.400. The summed E-state index contributed by atoms with van der Waals surface area (Å²) < 4.78 is 23.4. The van der Waals surface area contributed by atoms with Crippen molar-refractivity contribution in [1.29, 1.82) is 0 Å². The van der Waals surface area contributed by atoms with Crippen molar-refractivity contribution < 1.29 is 32.9 Å². The minimum absolute atomic E-state index is 0.0746. The summed E-state index contributed by atoms with van der Waals surface area (Å²) in [4.78, 5) is 26.4. The van der Waals surface area contributed by atoms with Crippen LogP contribution in [0, 0.1) is 12.7 Å². The van der Waals surface area contributed by atoms with Gasteiger partial charge in [-0.3, -0.25) is 4.79 Å². The van der Waals surface area contributed by atoms with E-state index in [1.165, 1.54) is 29.0 Å². The second kappa shape index (κ2) is 8.99. The van der Waals surface area contributed by atoms with Crippen molar-refractivity contribution in [2.24, 2.45) is 0 Å². The summed E-state index contributed by atoms with van der Waals surface area (Å²) in [7, 11) is 1.36. The van der Waals surface area contributed by atoms with E-state index in [1.807, 2.05) is 0 Å². The first kappa shape index (κ1) is 20.0. The Morgan fingerprint density at radius 1 is 1.14 bits per heavy atom. The average Bonchev–Trinajstić information content (AvgIpc) is 3.04. The zero-order valence-corrected chi connectivity index (χ0v) is 16.1. The number of piperazine rings is 1. The molecule has 1 fully saturated rings. The number of aryl methyl sites for hydroxylation is 1. The van der Waals surface area contributed by atoms with Gasteiger partial charge in [0.25, 0.3) is 5.91 Å². The third-order valence-corrected chi connectivity index (χ3v) is 5.00. The predicted molar refractivity (Wildman–Crippen MR) is 99.8 cm³/mol. The number of benzene rings is 1. The van der Waals surface area contributed by atoms with Crippen molar-refractivity contribution >= 4 is 17.6 Å².